The second kappa shape index (κ2) is 13.6. The van der Waals surface area contributed by atoms with E-state index in [1.54, 1.807) is 0 Å². The van der Waals surface area contributed by atoms with Gasteiger partial charge < -0.3 is 4.74 Å². The number of esters is 1. The first-order valence-corrected chi connectivity index (χ1v) is 12.4. The predicted molar refractivity (Wildman–Crippen MR) is 115 cm³/mol. The van der Waals surface area contributed by atoms with Crippen LogP contribution in [0.5, 0.6) is 0 Å². The van der Waals surface area contributed by atoms with E-state index >= 15 is 0 Å². The highest BCUT2D eigenvalue weighted by molar-refractivity contribution is 5.72. The van der Waals surface area contributed by atoms with Gasteiger partial charge in [0.15, 0.2) is 0 Å². The number of carbonyl (C=O) groups is 1. The Morgan fingerprint density at radius 3 is 1.74 bits per heavy atom. The molecule has 2 nitrogen and oxygen atoms in total. The minimum Gasteiger partial charge on any atom is -0.462 e. The molecule has 0 atom stereocenters. The fourth-order valence-electron chi connectivity index (χ4n) is 5.21. The van der Waals surface area contributed by atoms with Crippen molar-refractivity contribution in [3.05, 3.63) is 0 Å². The molecule has 158 valence electrons. The van der Waals surface area contributed by atoms with E-state index in [1.165, 1.54) is 89.9 Å². The first kappa shape index (κ1) is 22.8. The summed E-state index contributed by atoms with van der Waals surface area (Å²) < 4.78 is 5.93. The largest absolute Gasteiger partial charge is 0.462 e. The summed E-state index contributed by atoms with van der Waals surface area (Å²) >= 11 is 0. The molecule has 0 aromatic heterocycles. The highest BCUT2D eigenvalue weighted by Crippen LogP contribution is 2.35. The van der Waals surface area contributed by atoms with Crippen molar-refractivity contribution in [2.75, 3.05) is 0 Å². The third-order valence-corrected chi connectivity index (χ3v) is 7.19. The number of carbonyl (C=O) groups excluding carboxylic acids is 1. The summed E-state index contributed by atoms with van der Waals surface area (Å²) in [6.45, 7) is 4.55. The number of ether oxygens (including phenoxy) is 1. The highest BCUT2D eigenvalue weighted by atomic mass is 16.5. The average Bonchev–Trinajstić information content (AvgIpc) is 2.70. The van der Waals surface area contributed by atoms with E-state index in [9.17, 15) is 4.79 Å². The maximum absolute atomic E-state index is 12.6. The number of rotatable bonds is 12. The van der Waals surface area contributed by atoms with E-state index in [2.05, 4.69) is 13.8 Å². The van der Waals surface area contributed by atoms with Crippen molar-refractivity contribution < 1.29 is 9.53 Å². The van der Waals surface area contributed by atoms with E-state index in [0.29, 0.717) is 0 Å². The number of hydrogen-bond donors (Lipinski definition) is 0. The smallest absolute Gasteiger partial charge is 0.309 e. The zero-order chi connectivity index (χ0) is 19.3. The minimum atomic E-state index is 0.130. The molecule has 2 saturated carbocycles. The van der Waals surface area contributed by atoms with E-state index in [4.69, 9.17) is 4.74 Å². The Bertz CT molecular complexity index is 376. The van der Waals surface area contributed by atoms with Gasteiger partial charge >= 0.3 is 5.97 Å². The van der Waals surface area contributed by atoms with Crippen LogP contribution in [0.15, 0.2) is 0 Å². The normalized spacial score (nSPS) is 28.8. The van der Waals surface area contributed by atoms with Crippen LogP contribution < -0.4 is 0 Å². The molecule has 2 rings (SSSR count). The standard InChI is InChI=1S/C25H46O2/c1-3-5-7-8-10-12-22-15-19-24(20-16-22)27-25(26)23-17-13-21(14-18-23)11-9-6-4-2/h21-24H,3-20H2,1-2H3. The third-order valence-electron chi connectivity index (χ3n) is 7.19. The lowest BCUT2D eigenvalue weighted by molar-refractivity contribution is -0.157. The van der Waals surface area contributed by atoms with Crippen LogP contribution in [0, 0.1) is 17.8 Å². The topological polar surface area (TPSA) is 26.3 Å². The first-order chi connectivity index (χ1) is 13.2. The average molecular weight is 379 g/mol. The van der Waals surface area contributed by atoms with Gasteiger partial charge in [-0.05, 0) is 63.2 Å². The van der Waals surface area contributed by atoms with E-state index < -0.39 is 0 Å². The van der Waals surface area contributed by atoms with Crippen LogP contribution >= 0.6 is 0 Å². The summed E-state index contributed by atoms with van der Waals surface area (Å²) in [6, 6.07) is 0. The Morgan fingerprint density at radius 1 is 0.667 bits per heavy atom. The van der Waals surface area contributed by atoms with Gasteiger partial charge in [-0.15, -0.1) is 0 Å². The third kappa shape index (κ3) is 9.01. The van der Waals surface area contributed by atoms with Crippen molar-refractivity contribution in [2.45, 2.75) is 136 Å². The minimum absolute atomic E-state index is 0.130. The van der Waals surface area contributed by atoms with Crippen molar-refractivity contribution in [3.8, 4) is 0 Å². The maximum atomic E-state index is 12.6. The molecule has 0 heterocycles. The summed E-state index contributed by atoms with van der Waals surface area (Å²) in [7, 11) is 0. The summed E-state index contributed by atoms with van der Waals surface area (Å²) in [5.41, 5.74) is 0. The molecule has 0 saturated heterocycles. The zero-order valence-electron chi connectivity index (χ0n) is 18.4. The van der Waals surface area contributed by atoms with Crippen LogP contribution in [0.3, 0.4) is 0 Å². The molecule has 27 heavy (non-hydrogen) atoms. The number of hydrogen-bond acceptors (Lipinski definition) is 2. The van der Waals surface area contributed by atoms with Gasteiger partial charge in [-0.2, -0.15) is 0 Å². The lowest BCUT2D eigenvalue weighted by atomic mass is 9.79. The maximum Gasteiger partial charge on any atom is 0.309 e. The molecule has 0 aromatic rings. The zero-order valence-corrected chi connectivity index (χ0v) is 18.4. The fraction of sp³-hybridized carbons (Fsp3) is 0.960. The van der Waals surface area contributed by atoms with Crippen LogP contribution in [0.4, 0.5) is 0 Å². The molecule has 2 fully saturated rings. The molecule has 0 unspecified atom stereocenters. The quantitative estimate of drug-likeness (QED) is 0.255. The molecule has 0 N–H and O–H groups in total. The molecule has 2 aliphatic rings. The van der Waals surface area contributed by atoms with Crippen LogP contribution in [0.1, 0.15) is 129 Å². The summed E-state index contributed by atoms with van der Waals surface area (Å²) in [5.74, 6) is 2.09. The molecule has 0 spiro atoms. The molecule has 0 aromatic carbocycles. The van der Waals surface area contributed by atoms with Gasteiger partial charge in [0.1, 0.15) is 6.10 Å². The summed E-state index contributed by atoms with van der Waals surface area (Å²) in [5, 5.41) is 0. The van der Waals surface area contributed by atoms with Gasteiger partial charge in [-0.3, -0.25) is 4.79 Å². The Hall–Kier alpha value is -0.530. The van der Waals surface area contributed by atoms with Crippen molar-refractivity contribution in [3.63, 3.8) is 0 Å². The van der Waals surface area contributed by atoms with E-state index in [1.807, 2.05) is 0 Å². The van der Waals surface area contributed by atoms with Crippen LogP contribution in [-0.4, -0.2) is 12.1 Å². The monoisotopic (exact) mass is 378 g/mol. The molecule has 0 radical (unpaired) electrons. The fourth-order valence-corrected chi connectivity index (χ4v) is 5.21. The van der Waals surface area contributed by atoms with E-state index in [0.717, 1.165) is 37.5 Å². The highest BCUT2D eigenvalue weighted by Gasteiger charge is 2.30. The second-order valence-corrected chi connectivity index (χ2v) is 9.50. The molecule has 0 bridgehead atoms. The molecule has 2 aliphatic carbocycles. The Labute approximate surface area is 169 Å². The molecule has 0 amide bonds. The van der Waals surface area contributed by atoms with Gasteiger partial charge in [0, 0.05) is 0 Å². The summed E-state index contributed by atoms with van der Waals surface area (Å²) in [6.07, 6.45) is 23.4. The first-order valence-electron chi connectivity index (χ1n) is 12.4. The lowest BCUT2D eigenvalue weighted by Gasteiger charge is -2.31. The van der Waals surface area contributed by atoms with Crippen molar-refractivity contribution in [1.82, 2.24) is 0 Å². The second-order valence-electron chi connectivity index (χ2n) is 9.50. The Morgan fingerprint density at radius 2 is 1.15 bits per heavy atom. The van der Waals surface area contributed by atoms with Crippen LogP contribution in [0.25, 0.3) is 0 Å². The van der Waals surface area contributed by atoms with Crippen molar-refractivity contribution in [2.24, 2.45) is 17.8 Å². The van der Waals surface area contributed by atoms with Crippen LogP contribution in [-0.2, 0) is 9.53 Å². The van der Waals surface area contributed by atoms with Gasteiger partial charge in [0.25, 0.3) is 0 Å². The Balaban J connectivity index is 1.54. The molecule has 0 aliphatic heterocycles. The van der Waals surface area contributed by atoms with Gasteiger partial charge in [-0.1, -0.05) is 78.1 Å². The molecule has 2 heteroatoms. The van der Waals surface area contributed by atoms with Gasteiger partial charge in [0.05, 0.1) is 5.92 Å². The molecular weight excluding hydrogens is 332 g/mol. The van der Waals surface area contributed by atoms with Crippen molar-refractivity contribution in [1.29, 1.82) is 0 Å². The van der Waals surface area contributed by atoms with Crippen LogP contribution in [0.2, 0.25) is 0 Å². The number of unbranched alkanes of at least 4 members (excludes halogenated alkanes) is 6. The molecular formula is C25H46O2. The van der Waals surface area contributed by atoms with Gasteiger partial charge in [-0.25, -0.2) is 0 Å². The SMILES string of the molecule is CCCCCCCC1CCC(OC(=O)C2CCC(CCCCC)CC2)CC1. The lowest BCUT2D eigenvalue weighted by Crippen LogP contribution is -2.30. The predicted octanol–water partition coefficient (Wildman–Crippen LogP) is 7.84. The summed E-state index contributed by atoms with van der Waals surface area (Å²) in [4.78, 5) is 12.6. The van der Waals surface area contributed by atoms with Gasteiger partial charge in [0.2, 0.25) is 0 Å². The van der Waals surface area contributed by atoms with E-state index in [-0.39, 0.29) is 18.0 Å². The Kier molecular flexibility index (Phi) is 11.5. The van der Waals surface area contributed by atoms with Crippen molar-refractivity contribution >= 4 is 5.97 Å².